The van der Waals surface area contributed by atoms with Crippen LogP contribution in [0.4, 0.5) is 0 Å². The number of carbonyl (C=O) groups is 1. The van der Waals surface area contributed by atoms with Crippen LogP contribution in [0.25, 0.3) is 0 Å². The summed E-state index contributed by atoms with van der Waals surface area (Å²) < 4.78 is 0. The van der Waals surface area contributed by atoms with Crippen molar-refractivity contribution in [1.29, 1.82) is 0 Å². The molecule has 1 saturated heterocycles. The van der Waals surface area contributed by atoms with E-state index >= 15 is 0 Å². The number of amides is 1. The van der Waals surface area contributed by atoms with Gasteiger partial charge in [0.25, 0.3) is 5.91 Å². The van der Waals surface area contributed by atoms with Crippen molar-refractivity contribution in [1.82, 2.24) is 14.7 Å². The average Bonchev–Trinajstić information content (AvgIpc) is 2.91. The molecule has 0 aromatic carbocycles. The Morgan fingerprint density at radius 1 is 1.39 bits per heavy atom. The van der Waals surface area contributed by atoms with Crippen LogP contribution in [0.5, 0.6) is 0 Å². The molecule has 0 bridgehead atoms. The molecular formula is C12H17N3OS2. The molecule has 2 rings (SSSR count). The first-order chi connectivity index (χ1) is 8.59. The number of hydrogen-bond donors (Lipinski definition) is 0. The van der Waals surface area contributed by atoms with Crippen molar-refractivity contribution in [2.75, 3.05) is 40.3 Å². The van der Waals surface area contributed by atoms with E-state index in [1.807, 2.05) is 17.5 Å². The van der Waals surface area contributed by atoms with Crippen molar-refractivity contribution in [3.8, 4) is 0 Å². The minimum absolute atomic E-state index is 0.0195. The number of piperazine rings is 1. The van der Waals surface area contributed by atoms with Gasteiger partial charge in [-0.25, -0.2) is 0 Å². The Hall–Kier alpha value is -0.980. The van der Waals surface area contributed by atoms with Gasteiger partial charge in [-0.2, -0.15) is 0 Å². The number of thiocarbonyl (C=S) groups is 1. The Labute approximate surface area is 117 Å². The Balaban J connectivity index is 1.98. The van der Waals surface area contributed by atoms with E-state index in [4.69, 9.17) is 12.2 Å². The van der Waals surface area contributed by atoms with E-state index < -0.39 is 0 Å². The Morgan fingerprint density at radius 2 is 2.06 bits per heavy atom. The first kappa shape index (κ1) is 13.5. The van der Waals surface area contributed by atoms with E-state index in [9.17, 15) is 4.79 Å². The molecule has 0 spiro atoms. The van der Waals surface area contributed by atoms with Crippen molar-refractivity contribution < 1.29 is 4.79 Å². The maximum Gasteiger partial charge on any atom is 0.269 e. The summed E-state index contributed by atoms with van der Waals surface area (Å²) in [6, 6.07) is 3.71. The number of rotatable bonds is 1. The largest absolute Gasteiger partial charge is 0.346 e. The quantitative estimate of drug-likeness (QED) is 0.727. The summed E-state index contributed by atoms with van der Waals surface area (Å²) in [6.45, 7) is 3.75. The fourth-order valence-electron chi connectivity index (χ4n) is 1.86. The van der Waals surface area contributed by atoms with Crippen molar-refractivity contribution in [3.05, 3.63) is 22.4 Å². The molecule has 1 aromatic heterocycles. The molecule has 4 nitrogen and oxygen atoms in total. The van der Waals surface area contributed by atoms with Gasteiger partial charge >= 0.3 is 0 Å². The van der Waals surface area contributed by atoms with E-state index in [0.717, 1.165) is 31.1 Å². The molecule has 2 heterocycles. The van der Waals surface area contributed by atoms with Crippen molar-refractivity contribution >= 4 is 34.6 Å². The van der Waals surface area contributed by atoms with Crippen LogP contribution in [0.3, 0.4) is 0 Å². The maximum absolute atomic E-state index is 12.2. The molecule has 0 atom stereocenters. The van der Waals surface area contributed by atoms with Gasteiger partial charge in [0.1, 0.15) is 0 Å². The molecule has 6 heteroatoms. The predicted octanol–water partition coefficient (Wildman–Crippen LogP) is 1.35. The number of likely N-dealkylation sites (N-methyl/N-ethyl adjacent to an activating group) is 1. The zero-order valence-electron chi connectivity index (χ0n) is 10.6. The summed E-state index contributed by atoms with van der Waals surface area (Å²) >= 11 is 6.85. The minimum atomic E-state index is -0.0195. The summed E-state index contributed by atoms with van der Waals surface area (Å²) in [4.78, 5) is 18.8. The highest BCUT2D eigenvalue weighted by molar-refractivity contribution is 7.80. The van der Waals surface area contributed by atoms with Crippen LogP contribution in [0, 0.1) is 0 Å². The average molecular weight is 283 g/mol. The summed E-state index contributed by atoms with van der Waals surface area (Å²) in [7, 11) is 3.85. The van der Waals surface area contributed by atoms with Crippen molar-refractivity contribution in [3.63, 3.8) is 0 Å². The van der Waals surface area contributed by atoms with Crippen molar-refractivity contribution in [2.45, 2.75) is 0 Å². The van der Waals surface area contributed by atoms with Gasteiger partial charge in [-0.3, -0.25) is 9.69 Å². The number of hydrogen-bond acceptors (Lipinski definition) is 4. The van der Waals surface area contributed by atoms with Gasteiger partial charge in [-0.15, -0.1) is 11.3 Å². The van der Waals surface area contributed by atoms with Gasteiger partial charge in [0.2, 0.25) is 0 Å². The van der Waals surface area contributed by atoms with E-state index in [0.29, 0.717) is 5.11 Å². The van der Waals surface area contributed by atoms with Gasteiger partial charge in [0.15, 0.2) is 5.11 Å². The first-order valence-corrected chi connectivity index (χ1v) is 7.17. The standard InChI is InChI=1S/C12H17N3OS2/c1-13-5-7-15(8-6-13)12(17)14(2)11(16)10-4-3-9-18-10/h3-4,9H,5-8H2,1-2H3. The lowest BCUT2D eigenvalue weighted by atomic mass is 10.3. The molecule has 0 saturated carbocycles. The Bertz CT molecular complexity index is 425. The lowest BCUT2D eigenvalue weighted by Gasteiger charge is -2.36. The fourth-order valence-corrected chi connectivity index (χ4v) is 2.83. The highest BCUT2D eigenvalue weighted by atomic mass is 32.1. The molecule has 1 aromatic rings. The van der Waals surface area contributed by atoms with E-state index in [2.05, 4.69) is 16.8 Å². The van der Waals surface area contributed by atoms with E-state index in [1.165, 1.54) is 11.3 Å². The molecule has 1 aliphatic heterocycles. The van der Waals surface area contributed by atoms with Gasteiger partial charge < -0.3 is 9.80 Å². The van der Waals surface area contributed by atoms with E-state index in [-0.39, 0.29) is 5.91 Å². The van der Waals surface area contributed by atoms with Crippen LogP contribution in [0.2, 0.25) is 0 Å². The fraction of sp³-hybridized carbons (Fsp3) is 0.500. The molecule has 1 aliphatic rings. The third kappa shape index (κ3) is 2.88. The molecule has 0 unspecified atom stereocenters. The summed E-state index contributed by atoms with van der Waals surface area (Å²) in [5.41, 5.74) is 0. The van der Waals surface area contributed by atoms with Crippen molar-refractivity contribution in [2.24, 2.45) is 0 Å². The predicted molar refractivity (Wildman–Crippen MR) is 78.1 cm³/mol. The number of nitrogens with zero attached hydrogens (tertiary/aromatic N) is 3. The third-order valence-corrected chi connectivity index (χ3v) is 4.49. The molecule has 18 heavy (non-hydrogen) atoms. The molecule has 0 aliphatic carbocycles. The highest BCUT2D eigenvalue weighted by Gasteiger charge is 2.23. The van der Waals surface area contributed by atoms with Gasteiger partial charge in [-0.05, 0) is 30.7 Å². The second-order valence-corrected chi connectivity index (χ2v) is 5.73. The SMILES string of the molecule is CN1CCN(C(=S)N(C)C(=O)c2cccs2)CC1. The Kier molecular flexibility index (Phi) is 4.31. The Morgan fingerprint density at radius 3 is 2.61 bits per heavy atom. The molecule has 0 N–H and O–H groups in total. The number of carbonyl (C=O) groups excluding carboxylic acids is 1. The second-order valence-electron chi connectivity index (χ2n) is 4.41. The van der Waals surface area contributed by atoms with Crippen LogP contribution in [-0.4, -0.2) is 66.0 Å². The van der Waals surface area contributed by atoms with E-state index in [1.54, 1.807) is 11.9 Å². The molecular weight excluding hydrogens is 266 g/mol. The zero-order chi connectivity index (χ0) is 13.1. The topological polar surface area (TPSA) is 26.8 Å². The monoisotopic (exact) mass is 283 g/mol. The normalized spacial score (nSPS) is 16.7. The van der Waals surface area contributed by atoms with Gasteiger partial charge in [0, 0.05) is 33.2 Å². The molecule has 1 amide bonds. The molecule has 0 radical (unpaired) electrons. The third-order valence-electron chi connectivity index (χ3n) is 3.10. The van der Waals surface area contributed by atoms with Crippen LogP contribution in [0.1, 0.15) is 9.67 Å². The first-order valence-electron chi connectivity index (χ1n) is 5.88. The molecule has 1 fully saturated rings. The minimum Gasteiger partial charge on any atom is -0.346 e. The maximum atomic E-state index is 12.2. The van der Waals surface area contributed by atoms with Gasteiger partial charge in [-0.1, -0.05) is 6.07 Å². The van der Waals surface area contributed by atoms with Gasteiger partial charge in [0.05, 0.1) is 4.88 Å². The second kappa shape index (κ2) is 5.77. The number of thiophene rings is 1. The van der Waals surface area contributed by atoms with Crippen LogP contribution < -0.4 is 0 Å². The van der Waals surface area contributed by atoms with Crippen LogP contribution >= 0.6 is 23.6 Å². The smallest absolute Gasteiger partial charge is 0.269 e. The molecule has 98 valence electrons. The van der Waals surface area contributed by atoms with Crippen LogP contribution in [0.15, 0.2) is 17.5 Å². The van der Waals surface area contributed by atoms with Crippen LogP contribution in [-0.2, 0) is 0 Å². The zero-order valence-corrected chi connectivity index (χ0v) is 12.3. The lowest BCUT2D eigenvalue weighted by Crippen LogP contribution is -2.52. The summed E-state index contributed by atoms with van der Waals surface area (Å²) in [5.74, 6) is -0.0195. The lowest BCUT2D eigenvalue weighted by molar-refractivity contribution is 0.0858. The highest BCUT2D eigenvalue weighted by Crippen LogP contribution is 2.13. The summed E-state index contributed by atoms with van der Waals surface area (Å²) in [6.07, 6.45) is 0. The summed E-state index contributed by atoms with van der Waals surface area (Å²) in [5, 5.41) is 2.53.